The molecule has 1 aromatic carbocycles. The summed E-state index contributed by atoms with van der Waals surface area (Å²) in [5.41, 5.74) is 1.34. The van der Waals surface area contributed by atoms with E-state index in [9.17, 15) is 9.59 Å². The maximum Gasteiger partial charge on any atom is 0.243 e. The zero-order valence-corrected chi connectivity index (χ0v) is 17.3. The van der Waals surface area contributed by atoms with E-state index in [1.807, 2.05) is 11.0 Å². The molecule has 3 saturated heterocycles. The van der Waals surface area contributed by atoms with E-state index in [1.54, 1.807) is 0 Å². The van der Waals surface area contributed by atoms with E-state index in [1.165, 1.54) is 5.56 Å². The normalized spacial score (nSPS) is 28.9. The Bertz CT molecular complexity index is 669. The summed E-state index contributed by atoms with van der Waals surface area (Å²) in [4.78, 5) is 27.6. The smallest absolute Gasteiger partial charge is 0.243 e. The van der Waals surface area contributed by atoms with Crippen LogP contribution in [-0.4, -0.2) is 48.4 Å². The highest BCUT2D eigenvalue weighted by molar-refractivity contribution is 5.89. The molecule has 0 aliphatic carbocycles. The molecule has 1 aromatic rings. The third kappa shape index (κ3) is 4.52. The third-order valence-electron chi connectivity index (χ3n) is 6.55. The molecule has 3 fully saturated rings. The number of rotatable bonds is 6. The van der Waals surface area contributed by atoms with Crippen LogP contribution in [0, 0.1) is 11.8 Å². The molecular weight excluding hydrogens is 374 g/mol. The van der Waals surface area contributed by atoms with Gasteiger partial charge >= 0.3 is 0 Å². The quantitative estimate of drug-likeness (QED) is 0.715. The summed E-state index contributed by atoms with van der Waals surface area (Å²) < 4.78 is 0. The number of aryl methyl sites for hydroxylation is 1. The second-order valence-electron chi connectivity index (χ2n) is 8.35. The molecule has 6 heteroatoms. The molecule has 2 N–H and O–H groups in total. The molecule has 3 aliphatic heterocycles. The Labute approximate surface area is 174 Å². The van der Waals surface area contributed by atoms with Crippen LogP contribution in [0.25, 0.3) is 0 Å². The molecule has 3 heterocycles. The fourth-order valence-electron chi connectivity index (χ4n) is 5.27. The van der Waals surface area contributed by atoms with Crippen molar-refractivity contribution in [2.45, 2.75) is 57.0 Å². The van der Waals surface area contributed by atoms with Gasteiger partial charge in [0.15, 0.2) is 0 Å². The number of nitrogens with zero attached hydrogens (tertiary/aromatic N) is 1. The predicted octanol–water partition coefficient (Wildman–Crippen LogP) is 2.54. The summed E-state index contributed by atoms with van der Waals surface area (Å²) in [5.74, 6) is 1.02. The lowest BCUT2D eigenvalue weighted by Crippen LogP contribution is -2.68. The number of hydrogen-bond donors (Lipinski definition) is 2. The Kier molecular flexibility index (Phi) is 7.36. The predicted molar refractivity (Wildman–Crippen MR) is 112 cm³/mol. The van der Waals surface area contributed by atoms with E-state index in [0.29, 0.717) is 18.9 Å². The minimum Gasteiger partial charge on any atom is -0.354 e. The van der Waals surface area contributed by atoms with Gasteiger partial charge in [0.05, 0.1) is 0 Å². The Hall–Kier alpha value is -1.59. The van der Waals surface area contributed by atoms with Crippen LogP contribution in [0.2, 0.25) is 0 Å². The van der Waals surface area contributed by atoms with Gasteiger partial charge in [0.2, 0.25) is 11.8 Å². The SMILES string of the molecule is Cl.O=C(NCCCCc1ccccc1)[C@H]1[C@@H]2CNC[C@@H](C2)[C@@H]2CCCC(=O)N21. The molecule has 154 valence electrons. The third-order valence-corrected chi connectivity index (χ3v) is 6.55. The highest BCUT2D eigenvalue weighted by Gasteiger charge is 2.50. The fourth-order valence-corrected chi connectivity index (χ4v) is 5.27. The van der Waals surface area contributed by atoms with Crippen LogP contribution in [0.15, 0.2) is 30.3 Å². The van der Waals surface area contributed by atoms with Crippen LogP contribution in [0.3, 0.4) is 0 Å². The van der Waals surface area contributed by atoms with Crippen molar-refractivity contribution in [2.24, 2.45) is 11.8 Å². The molecule has 3 aliphatic rings. The number of carbonyl (C=O) groups excluding carboxylic acids is 2. The van der Waals surface area contributed by atoms with Gasteiger partial charge < -0.3 is 15.5 Å². The summed E-state index contributed by atoms with van der Waals surface area (Å²) in [6.07, 6.45) is 6.77. The lowest BCUT2D eigenvalue weighted by molar-refractivity contribution is -0.157. The molecule has 0 saturated carbocycles. The number of unbranched alkanes of at least 4 members (excludes halogenated alkanes) is 1. The molecule has 0 spiro atoms. The first-order chi connectivity index (χ1) is 13.2. The molecule has 4 atom stereocenters. The van der Waals surface area contributed by atoms with Gasteiger partial charge in [-0.2, -0.15) is 0 Å². The largest absolute Gasteiger partial charge is 0.354 e. The van der Waals surface area contributed by atoms with Crippen LogP contribution >= 0.6 is 12.4 Å². The number of fused-ring (bicyclic) bond motifs is 4. The second-order valence-corrected chi connectivity index (χ2v) is 8.35. The summed E-state index contributed by atoms with van der Waals surface area (Å²) >= 11 is 0. The zero-order valence-electron chi connectivity index (χ0n) is 16.4. The van der Waals surface area contributed by atoms with Crippen molar-refractivity contribution in [3.05, 3.63) is 35.9 Å². The van der Waals surface area contributed by atoms with Gasteiger partial charge in [0, 0.05) is 31.5 Å². The van der Waals surface area contributed by atoms with Crippen LogP contribution in [0.5, 0.6) is 0 Å². The van der Waals surface area contributed by atoms with Gasteiger partial charge in [-0.25, -0.2) is 0 Å². The number of benzene rings is 1. The van der Waals surface area contributed by atoms with E-state index >= 15 is 0 Å². The number of nitrogens with one attached hydrogen (secondary N) is 2. The van der Waals surface area contributed by atoms with Crippen LogP contribution < -0.4 is 10.6 Å². The van der Waals surface area contributed by atoms with Gasteiger partial charge in [-0.15, -0.1) is 12.4 Å². The Morgan fingerprint density at radius 2 is 1.93 bits per heavy atom. The molecule has 2 amide bonds. The van der Waals surface area contributed by atoms with Crippen molar-refractivity contribution in [1.29, 1.82) is 0 Å². The van der Waals surface area contributed by atoms with E-state index in [4.69, 9.17) is 0 Å². The highest BCUT2D eigenvalue weighted by Crippen LogP contribution is 2.39. The minimum absolute atomic E-state index is 0. The number of halogens is 1. The van der Waals surface area contributed by atoms with Gasteiger partial charge in [-0.3, -0.25) is 9.59 Å². The summed E-state index contributed by atoms with van der Waals surface area (Å²) in [6, 6.07) is 10.4. The fraction of sp³-hybridized carbons (Fsp3) is 0.636. The van der Waals surface area contributed by atoms with Gasteiger partial charge in [0.25, 0.3) is 0 Å². The first-order valence-corrected chi connectivity index (χ1v) is 10.6. The van der Waals surface area contributed by atoms with Crippen molar-refractivity contribution < 1.29 is 9.59 Å². The first kappa shape index (κ1) is 21.1. The lowest BCUT2D eigenvalue weighted by atomic mass is 9.72. The summed E-state index contributed by atoms with van der Waals surface area (Å²) in [5, 5.41) is 6.63. The average molecular weight is 406 g/mol. The van der Waals surface area contributed by atoms with E-state index < -0.39 is 0 Å². The molecule has 28 heavy (non-hydrogen) atoms. The molecular formula is C22H32ClN3O2. The van der Waals surface area contributed by atoms with Crippen molar-refractivity contribution in [1.82, 2.24) is 15.5 Å². The highest BCUT2D eigenvalue weighted by atomic mass is 35.5. The standard InChI is InChI=1S/C22H31N3O2.ClH/c26-20-11-6-10-19-17-13-18(15-23-14-17)21(25(19)20)22(27)24-12-5-4-9-16-7-2-1-3-8-16;/h1-3,7-8,17-19,21,23H,4-6,9-15H2,(H,24,27);1H/t17-,18+,19+,21-;/m1./s1. The Morgan fingerprint density at radius 1 is 1.14 bits per heavy atom. The molecule has 0 aromatic heterocycles. The van der Waals surface area contributed by atoms with E-state index in [2.05, 4.69) is 34.9 Å². The molecule has 5 nitrogen and oxygen atoms in total. The van der Waals surface area contributed by atoms with Crippen molar-refractivity contribution in [3.63, 3.8) is 0 Å². The monoisotopic (exact) mass is 405 g/mol. The molecule has 0 radical (unpaired) electrons. The number of piperidine rings is 3. The van der Waals surface area contributed by atoms with Crippen molar-refractivity contribution in [3.8, 4) is 0 Å². The summed E-state index contributed by atoms with van der Waals surface area (Å²) in [6.45, 7) is 2.52. The first-order valence-electron chi connectivity index (χ1n) is 10.6. The lowest BCUT2D eigenvalue weighted by Gasteiger charge is -2.53. The van der Waals surface area contributed by atoms with Gasteiger partial charge in [0.1, 0.15) is 6.04 Å². The van der Waals surface area contributed by atoms with Crippen molar-refractivity contribution >= 4 is 24.2 Å². The Balaban J connectivity index is 0.00000225. The van der Waals surface area contributed by atoms with E-state index in [0.717, 1.165) is 51.6 Å². The van der Waals surface area contributed by atoms with Crippen LogP contribution in [0.1, 0.15) is 44.1 Å². The minimum atomic E-state index is -0.277. The summed E-state index contributed by atoms with van der Waals surface area (Å²) in [7, 11) is 0. The number of hydrogen-bond acceptors (Lipinski definition) is 3. The zero-order chi connectivity index (χ0) is 18.6. The molecule has 4 rings (SSSR count). The number of amides is 2. The van der Waals surface area contributed by atoms with Crippen LogP contribution in [-0.2, 0) is 16.0 Å². The average Bonchev–Trinajstić information content (AvgIpc) is 2.70. The van der Waals surface area contributed by atoms with E-state index in [-0.39, 0.29) is 42.2 Å². The van der Waals surface area contributed by atoms with Crippen molar-refractivity contribution in [2.75, 3.05) is 19.6 Å². The maximum absolute atomic E-state index is 13.0. The molecule has 0 unspecified atom stereocenters. The van der Waals surface area contributed by atoms with Gasteiger partial charge in [-0.05, 0) is 56.6 Å². The number of carbonyl (C=O) groups is 2. The topological polar surface area (TPSA) is 61.4 Å². The Morgan fingerprint density at radius 3 is 2.75 bits per heavy atom. The maximum atomic E-state index is 13.0. The molecule has 2 bridgehead atoms. The van der Waals surface area contributed by atoms with Gasteiger partial charge in [-0.1, -0.05) is 30.3 Å². The van der Waals surface area contributed by atoms with Crippen LogP contribution in [0.4, 0.5) is 0 Å². The second kappa shape index (κ2) is 9.75.